The van der Waals surface area contributed by atoms with Crippen LogP contribution in [0.2, 0.25) is 0 Å². The summed E-state index contributed by atoms with van der Waals surface area (Å²) in [5, 5.41) is 16.6. The number of rotatable bonds is 5. The molecule has 4 aromatic rings. The zero-order valence-corrected chi connectivity index (χ0v) is 16.2. The van der Waals surface area contributed by atoms with Crippen LogP contribution in [0.15, 0.2) is 30.5 Å². The second-order valence-electron chi connectivity index (χ2n) is 7.45. The van der Waals surface area contributed by atoms with Gasteiger partial charge in [-0.25, -0.2) is 13.8 Å². The van der Waals surface area contributed by atoms with Crippen LogP contribution < -0.4 is 0 Å². The molecule has 0 bridgehead atoms. The van der Waals surface area contributed by atoms with E-state index in [0.717, 1.165) is 5.39 Å². The second-order valence-corrected chi connectivity index (χ2v) is 7.45. The third kappa shape index (κ3) is 3.14. The molecule has 0 aliphatic rings. The molecule has 2 N–H and O–H groups in total. The van der Waals surface area contributed by atoms with E-state index in [0.29, 0.717) is 33.6 Å². The van der Waals surface area contributed by atoms with Crippen molar-refractivity contribution < 1.29 is 18.7 Å². The molecule has 3 aromatic heterocycles. The van der Waals surface area contributed by atoms with E-state index < -0.39 is 18.6 Å². The number of H-pyrrole nitrogens is 1. The van der Waals surface area contributed by atoms with Crippen molar-refractivity contribution in [3.05, 3.63) is 53.1 Å². The highest BCUT2D eigenvalue weighted by atomic mass is 19.1. The maximum atomic E-state index is 15.2. The first kappa shape index (κ1) is 19.0. The largest absolute Gasteiger partial charge is 0.481 e. The van der Waals surface area contributed by atoms with Crippen molar-refractivity contribution >= 4 is 28.0 Å². The zero-order valence-electron chi connectivity index (χ0n) is 16.2. The summed E-state index contributed by atoms with van der Waals surface area (Å²) in [6.07, 6.45) is -0.777. The molecule has 1 atom stereocenters. The van der Waals surface area contributed by atoms with Crippen molar-refractivity contribution in [3.8, 4) is 5.69 Å². The molecule has 0 amide bonds. The number of carbonyl (C=O) groups is 1. The molecular weight excluding hydrogens is 378 g/mol. The van der Waals surface area contributed by atoms with Gasteiger partial charge in [-0.3, -0.25) is 9.89 Å². The maximum absolute atomic E-state index is 15.2. The van der Waals surface area contributed by atoms with Crippen LogP contribution in [0.1, 0.15) is 49.2 Å². The monoisotopic (exact) mass is 398 g/mol. The van der Waals surface area contributed by atoms with Crippen molar-refractivity contribution in [2.24, 2.45) is 0 Å². The Balaban J connectivity index is 2.13. The Bertz CT molecular complexity index is 1240. The molecule has 0 radical (unpaired) electrons. The van der Waals surface area contributed by atoms with Crippen LogP contribution in [0.3, 0.4) is 0 Å². The first-order valence-corrected chi connectivity index (χ1v) is 9.28. The van der Waals surface area contributed by atoms with Gasteiger partial charge in [0.15, 0.2) is 5.65 Å². The fourth-order valence-electron chi connectivity index (χ4n) is 3.79. The number of nitrogens with one attached hydrogen (secondary N) is 1. The van der Waals surface area contributed by atoms with E-state index in [1.54, 1.807) is 25.3 Å². The number of hydrogen-bond donors (Lipinski definition) is 2. The molecule has 29 heavy (non-hydrogen) atoms. The fraction of sp³-hybridized carbons (Fsp3) is 0.286. The van der Waals surface area contributed by atoms with E-state index in [9.17, 15) is 9.18 Å². The minimum atomic E-state index is -1.73. The first-order valence-electron chi connectivity index (χ1n) is 9.28. The van der Waals surface area contributed by atoms with E-state index >= 15 is 4.39 Å². The van der Waals surface area contributed by atoms with Crippen molar-refractivity contribution in [1.29, 1.82) is 0 Å². The van der Waals surface area contributed by atoms with Crippen molar-refractivity contribution in [2.75, 3.05) is 0 Å². The fourth-order valence-corrected chi connectivity index (χ4v) is 3.79. The Kier molecular flexibility index (Phi) is 4.56. The number of aromatic nitrogens is 4. The SMILES string of the molecule is Cc1cc(-n2c(C(C)C)c([C@H](F)CC(=O)O)c3nc4[nH]ncc4cc32)ccc1F. The predicted octanol–water partition coefficient (Wildman–Crippen LogP) is 4.96. The minimum Gasteiger partial charge on any atom is -0.481 e. The van der Waals surface area contributed by atoms with Gasteiger partial charge in [-0.1, -0.05) is 13.8 Å². The third-order valence-electron chi connectivity index (χ3n) is 5.03. The van der Waals surface area contributed by atoms with Gasteiger partial charge in [0.2, 0.25) is 0 Å². The number of halogens is 2. The predicted molar refractivity (Wildman–Crippen MR) is 106 cm³/mol. The number of benzene rings is 1. The molecule has 1 aromatic carbocycles. The average Bonchev–Trinajstić information content (AvgIpc) is 3.23. The number of aryl methyl sites for hydroxylation is 1. The van der Waals surface area contributed by atoms with Gasteiger partial charge in [0, 0.05) is 22.3 Å². The Labute approximate surface area is 165 Å². The molecule has 0 saturated heterocycles. The highest BCUT2D eigenvalue weighted by Gasteiger charge is 2.29. The standard InChI is InChI=1S/C21H20F2N4O2/c1-10(2)20-18(15(23)8-17(28)29)19-16(7-12-9-24-26-21(12)25-19)27(20)13-4-5-14(22)11(3)6-13/h4-7,9-10,15H,8H2,1-3H3,(H,28,29)(H,24,25,26)/t15-/m1/s1. The highest BCUT2D eigenvalue weighted by molar-refractivity contribution is 5.93. The number of aliphatic carboxylic acids is 1. The summed E-state index contributed by atoms with van der Waals surface area (Å²) < 4.78 is 30.9. The van der Waals surface area contributed by atoms with Gasteiger partial charge in [0.1, 0.15) is 12.0 Å². The van der Waals surface area contributed by atoms with E-state index in [2.05, 4.69) is 15.2 Å². The van der Waals surface area contributed by atoms with Crippen LogP contribution in [0.5, 0.6) is 0 Å². The van der Waals surface area contributed by atoms with Crippen LogP contribution in [-0.4, -0.2) is 30.8 Å². The number of aromatic amines is 1. The summed E-state index contributed by atoms with van der Waals surface area (Å²) in [4.78, 5) is 15.8. The number of hydrogen-bond acceptors (Lipinski definition) is 3. The van der Waals surface area contributed by atoms with E-state index in [1.165, 1.54) is 6.07 Å². The van der Waals surface area contributed by atoms with Gasteiger partial charge in [-0.15, -0.1) is 0 Å². The van der Waals surface area contributed by atoms with Crippen molar-refractivity contribution in [1.82, 2.24) is 19.7 Å². The smallest absolute Gasteiger partial charge is 0.306 e. The second kappa shape index (κ2) is 6.95. The Hall–Kier alpha value is -3.29. The number of nitrogens with zero attached hydrogens (tertiary/aromatic N) is 3. The maximum Gasteiger partial charge on any atom is 0.306 e. The molecule has 0 unspecified atom stereocenters. The normalized spacial score (nSPS) is 12.9. The summed E-state index contributed by atoms with van der Waals surface area (Å²) in [7, 11) is 0. The number of fused-ring (bicyclic) bond motifs is 2. The number of pyridine rings is 1. The Morgan fingerprint density at radius 2 is 2.07 bits per heavy atom. The van der Waals surface area contributed by atoms with Crippen molar-refractivity contribution in [2.45, 2.75) is 39.3 Å². The Morgan fingerprint density at radius 1 is 1.31 bits per heavy atom. The topological polar surface area (TPSA) is 83.8 Å². The molecule has 8 heteroatoms. The van der Waals surface area contributed by atoms with Crippen LogP contribution in [-0.2, 0) is 4.79 Å². The van der Waals surface area contributed by atoms with Crippen molar-refractivity contribution in [3.63, 3.8) is 0 Å². The molecule has 3 heterocycles. The number of carboxylic acid groups (broad SMARTS) is 1. The van der Waals surface area contributed by atoms with Gasteiger partial charge in [-0.2, -0.15) is 5.10 Å². The van der Waals surface area contributed by atoms with E-state index in [-0.39, 0.29) is 17.3 Å². The molecule has 0 aliphatic heterocycles. The molecule has 6 nitrogen and oxygen atoms in total. The first-order chi connectivity index (χ1) is 13.8. The minimum absolute atomic E-state index is 0.131. The summed E-state index contributed by atoms with van der Waals surface area (Å²) in [5.74, 6) is -1.69. The van der Waals surface area contributed by atoms with Crippen LogP contribution >= 0.6 is 0 Å². The molecular formula is C21H20F2N4O2. The lowest BCUT2D eigenvalue weighted by Crippen LogP contribution is -2.08. The molecule has 4 rings (SSSR count). The lowest BCUT2D eigenvalue weighted by molar-refractivity contribution is -0.138. The van der Waals surface area contributed by atoms with Crippen LogP contribution in [0, 0.1) is 12.7 Å². The Morgan fingerprint density at radius 3 is 2.72 bits per heavy atom. The molecule has 150 valence electrons. The summed E-state index contributed by atoms with van der Waals surface area (Å²) >= 11 is 0. The van der Waals surface area contributed by atoms with Crippen LogP contribution in [0.25, 0.3) is 27.8 Å². The number of carboxylic acids is 1. The van der Waals surface area contributed by atoms with Gasteiger partial charge in [-0.05, 0) is 42.7 Å². The van der Waals surface area contributed by atoms with Gasteiger partial charge < -0.3 is 9.67 Å². The van der Waals surface area contributed by atoms with E-state index in [1.807, 2.05) is 24.5 Å². The summed E-state index contributed by atoms with van der Waals surface area (Å²) in [5.41, 5.74) is 3.47. The highest BCUT2D eigenvalue weighted by Crippen LogP contribution is 2.40. The number of alkyl halides is 1. The lowest BCUT2D eigenvalue weighted by atomic mass is 9.99. The summed E-state index contributed by atoms with van der Waals surface area (Å²) in [6.45, 7) is 5.48. The van der Waals surface area contributed by atoms with Gasteiger partial charge in [0.25, 0.3) is 0 Å². The van der Waals surface area contributed by atoms with Gasteiger partial charge in [0.05, 0.1) is 23.7 Å². The molecule has 0 spiro atoms. The third-order valence-corrected chi connectivity index (χ3v) is 5.03. The molecule has 0 aliphatic carbocycles. The van der Waals surface area contributed by atoms with Crippen LogP contribution in [0.4, 0.5) is 8.78 Å². The summed E-state index contributed by atoms with van der Waals surface area (Å²) in [6, 6.07) is 6.52. The lowest BCUT2D eigenvalue weighted by Gasteiger charge is -2.17. The molecule has 0 saturated carbocycles. The quantitative estimate of drug-likeness (QED) is 0.498. The zero-order chi connectivity index (χ0) is 20.9. The average molecular weight is 398 g/mol. The van der Waals surface area contributed by atoms with Gasteiger partial charge >= 0.3 is 5.97 Å². The van der Waals surface area contributed by atoms with E-state index in [4.69, 9.17) is 5.11 Å². The molecule has 0 fully saturated rings.